The van der Waals surface area contributed by atoms with Gasteiger partial charge in [0, 0.05) is 25.6 Å². The summed E-state index contributed by atoms with van der Waals surface area (Å²) >= 11 is 0. The topological polar surface area (TPSA) is 168 Å². The first kappa shape index (κ1) is 31.8. The minimum Gasteiger partial charge on any atom is -0.746 e. The largest absolute Gasteiger partial charge is 0.746 e. The second-order valence-corrected chi connectivity index (χ2v) is 13.0. The predicted molar refractivity (Wildman–Crippen MR) is 149 cm³/mol. The van der Waals surface area contributed by atoms with E-state index in [0.717, 1.165) is 32.1 Å². The van der Waals surface area contributed by atoms with E-state index in [1.54, 1.807) is 11.9 Å². The van der Waals surface area contributed by atoms with E-state index in [1.165, 1.54) is 5.56 Å². The van der Waals surface area contributed by atoms with Crippen molar-refractivity contribution in [3.63, 3.8) is 0 Å². The number of carbonyl (C=O) groups excluding carboxylic acids is 3. The van der Waals surface area contributed by atoms with Crippen molar-refractivity contribution >= 4 is 28.0 Å². The van der Waals surface area contributed by atoms with Crippen LogP contribution in [-0.4, -0.2) is 78.0 Å². The van der Waals surface area contributed by atoms with E-state index in [9.17, 15) is 32.5 Å². The second kappa shape index (κ2) is 14.3. The standard InChI is InChI=1S/C28H44N4O7S/c1-18(2)15-22(26(34)30-23(27(35)40(37,38)39)17-21-13-14-29-25(21)33)31-28(36)32(3)24-12-8-7-11-20(24)16-19-9-5-4-6-10-19/h4-6,9-10,18,20-24,27,35H,7-8,11-17H2,1-3H3,(H,29,33)(H,30,34)(H,31,36)(H,37,38,39)/p-1/t20?,21-,22-,23-,24?,27?/m0/s1. The lowest BCUT2D eigenvalue weighted by Crippen LogP contribution is -2.57. The van der Waals surface area contributed by atoms with Gasteiger partial charge in [-0.3, -0.25) is 9.59 Å². The molecular weight excluding hydrogens is 536 g/mol. The van der Waals surface area contributed by atoms with Crippen LogP contribution in [0, 0.1) is 17.8 Å². The van der Waals surface area contributed by atoms with E-state index in [4.69, 9.17) is 0 Å². The third-order valence-electron chi connectivity index (χ3n) is 8.02. The summed E-state index contributed by atoms with van der Waals surface area (Å²) in [6.45, 7) is 4.14. The van der Waals surface area contributed by atoms with Crippen LogP contribution in [0.15, 0.2) is 30.3 Å². The average Bonchev–Trinajstić information content (AvgIpc) is 3.31. The van der Waals surface area contributed by atoms with Crippen molar-refractivity contribution in [1.82, 2.24) is 20.9 Å². The summed E-state index contributed by atoms with van der Waals surface area (Å²) in [7, 11) is -3.45. The first-order valence-electron chi connectivity index (χ1n) is 14.1. The van der Waals surface area contributed by atoms with Crippen LogP contribution in [0.1, 0.15) is 64.4 Å². The number of nitrogens with one attached hydrogen (secondary N) is 3. The monoisotopic (exact) mass is 579 g/mol. The summed E-state index contributed by atoms with van der Waals surface area (Å²) in [5, 5.41) is 18.1. The minimum atomic E-state index is -5.18. The Bertz CT molecular complexity index is 1110. The van der Waals surface area contributed by atoms with Crippen molar-refractivity contribution in [3.05, 3.63) is 35.9 Å². The smallest absolute Gasteiger partial charge is 0.318 e. The van der Waals surface area contributed by atoms with E-state index in [-0.39, 0.29) is 36.6 Å². The molecule has 2 aliphatic rings. The van der Waals surface area contributed by atoms with Crippen LogP contribution in [0.4, 0.5) is 4.79 Å². The molecule has 12 heteroatoms. The van der Waals surface area contributed by atoms with Gasteiger partial charge in [-0.15, -0.1) is 0 Å². The maximum Gasteiger partial charge on any atom is 0.318 e. The lowest BCUT2D eigenvalue weighted by molar-refractivity contribution is -0.126. The highest BCUT2D eigenvalue weighted by atomic mass is 32.2. The highest BCUT2D eigenvalue weighted by molar-refractivity contribution is 7.86. The van der Waals surface area contributed by atoms with Crippen molar-refractivity contribution in [1.29, 1.82) is 0 Å². The molecule has 1 aliphatic carbocycles. The Hall–Kier alpha value is -2.70. The lowest BCUT2D eigenvalue weighted by Gasteiger charge is -2.39. The third kappa shape index (κ3) is 8.90. The van der Waals surface area contributed by atoms with Gasteiger partial charge in [0.1, 0.15) is 16.2 Å². The molecule has 1 aromatic carbocycles. The molecule has 0 radical (unpaired) electrons. The molecule has 6 atom stereocenters. The van der Waals surface area contributed by atoms with Gasteiger partial charge in [-0.2, -0.15) is 0 Å². The van der Waals surface area contributed by atoms with Crippen molar-refractivity contribution in [3.8, 4) is 0 Å². The average molecular weight is 580 g/mol. The van der Waals surface area contributed by atoms with E-state index in [2.05, 4.69) is 28.1 Å². The molecule has 1 aliphatic heterocycles. The highest BCUT2D eigenvalue weighted by Gasteiger charge is 2.37. The number of rotatable bonds is 12. The van der Waals surface area contributed by atoms with Gasteiger partial charge < -0.3 is 30.5 Å². The van der Waals surface area contributed by atoms with Crippen LogP contribution < -0.4 is 16.0 Å². The summed E-state index contributed by atoms with van der Waals surface area (Å²) in [6.07, 6.45) is 5.20. The predicted octanol–water partition coefficient (Wildman–Crippen LogP) is 1.72. The number of nitrogens with zero attached hydrogens (tertiary/aromatic N) is 1. The Labute approximate surface area is 237 Å². The molecule has 2 fully saturated rings. The number of aliphatic hydroxyl groups excluding tert-OH is 1. The van der Waals surface area contributed by atoms with Gasteiger partial charge in [0.15, 0.2) is 5.44 Å². The molecular formula is C28H43N4O7S-. The Kier molecular flexibility index (Phi) is 11.4. The van der Waals surface area contributed by atoms with Crippen LogP contribution >= 0.6 is 0 Å². The van der Waals surface area contributed by atoms with E-state index in [0.29, 0.717) is 13.0 Å². The first-order chi connectivity index (χ1) is 18.9. The zero-order chi connectivity index (χ0) is 29.4. The van der Waals surface area contributed by atoms with Crippen molar-refractivity contribution in [2.24, 2.45) is 17.8 Å². The maximum absolute atomic E-state index is 13.4. The molecule has 0 spiro atoms. The van der Waals surface area contributed by atoms with Crippen LogP contribution in [0.3, 0.4) is 0 Å². The van der Waals surface area contributed by atoms with Gasteiger partial charge in [-0.05, 0) is 55.9 Å². The van der Waals surface area contributed by atoms with Gasteiger partial charge in [-0.1, -0.05) is 57.0 Å². The summed E-state index contributed by atoms with van der Waals surface area (Å²) < 4.78 is 34.9. The normalized spacial score (nSPS) is 23.6. The number of amides is 4. The molecule has 1 heterocycles. The van der Waals surface area contributed by atoms with Crippen LogP contribution in [-0.2, 0) is 26.1 Å². The molecule has 40 heavy (non-hydrogen) atoms. The first-order valence-corrected chi connectivity index (χ1v) is 15.6. The molecule has 3 rings (SSSR count). The second-order valence-electron chi connectivity index (χ2n) is 11.6. The molecule has 4 N–H and O–H groups in total. The molecule has 0 aromatic heterocycles. The van der Waals surface area contributed by atoms with E-state index < -0.39 is 45.5 Å². The number of hydrogen-bond acceptors (Lipinski definition) is 7. The van der Waals surface area contributed by atoms with E-state index in [1.807, 2.05) is 32.0 Å². The van der Waals surface area contributed by atoms with Crippen LogP contribution in [0.2, 0.25) is 0 Å². The number of urea groups is 1. The number of benzene rings is 1. The highest BCUT2D eigenvalue weighted by Crippen LogP contribution is 2.31. The fraction of sp³-hybridized carbons (Fsp3) is 0.679. The summed E-state index contributed by atoms with van der Waals surface area (Å²) in [5.74, 6) is -1.44. The van der Waals surface area contributed by atoms with Gasteiger partial charge in [0.25, 0.3) is 0 Å². The van der Waals surface area contributed by atoms with Gasteiger partial charge in [-0.25, -0.2) is 13.2 Å². The zero-order valence-corrected chi connectivity index (χ0v) is 24.4. The zero-order valence-electron chi connectivity index (χ0n) is 23.5. The minimum absolute atomic E-state index is 0.00547. The number of hydrogen-bond donors (Lipinski definition) is 4. The van der Waals surface area contributed by atoms with Crippen molar-refractivity contribution < 1.29 is 32.5 Å². The van der Waals surface area contributed by atoms with Gasteiger partial charge in [0.2, 0.25) is 11.8 Å². The molecule has 0 bridgehead atoms. The molecule has 11 nitrogen and oxygen atoms in total. The van der Waals surface area contributed by atoms with Crippen LogP contribution in [0.25, 0.3) is 0 Å². The number of aliphatic hydroxyl groups is 1. The fourth-order valence-corrected chi connectivity index (χ4v) is 6.45. The summed E-state index contributed by atoms with van der Waals surface area (Å²) in [5.41, 5.74) is -1.22. The molecule has 4 amide bonds. The van der Waals surface area contributed by atoms with E-state index >= 15 is 0 Å². The fourth-order valence-electron chi connectivity index (χ4n) is 5.86. The van der Waals surface area contributed by atoms with Crippen molar-refractivity contribution in [2.45, 2.75) is 88.8 Å². The Morgan fingerprint density at radius 1 is 1.12 bits per heavy atom. The lowest BCUT2D eigenvalue weighted by atomic mass is 9.80. The van der Waals surface area contributed by atoms with Gasteiger partial charge >= 0.3 is 6.03 Å². The Morgan fingerprint density at radius 3 is 2.40 bits per heavy atom. The third-order valence-corrected chi connectivity index (χ3v) is 8.94. The number of carbonyl (C=O) groups is 3. The molecule has 1 aromatic rings. The van der Waals surface area contributed by atoms with Crippen molar-refractivity contribution in [2.75, 3.05) is 13.6 Å². The molecule has 3 unspecified atom stereocenters. The molecule has 1 saturated heterocycles. The van der Waals surface area contributed by atoms with Crippen LogP contribution in [0.5, 0.6) is 0 Å². The maximum atomic E-state index is 13.4. The Balaban J connectivity index is 1.72. The SMILES string of the molecule is CC(C)C[C@H](NC(=O)N(C)C1CCCCC1Cc1ccccc1)C(=O)N[C@@H](C[C@@H]1CCNC1=O)C(O)S(=O)(=O)[O-]. The van der Waals surface area contributed by atoms with Gasteiger partial charge in [0.05, 0.1) is 6.04 Å². The molecule has 1 saturated carbocycles. The summed E-state index contributed by atoms with van der Waals surface area (Å²) in [4.78, 5) is 40.5. The molecule has 224 valence electrons. The Morgan fingerprint density at radius 2 is 1.80 bits per heavy atom. The quantitative estimate of drug-likeness (QED) is 0.273. The summed E-state index contributed by atoms with van der Waals surface area (Å²) in [6, 6.07) is 7.16.